The summed E-state index contributed by atoms with van der Waals surface area (Å²) in [4.78, 5) is 13.3. The molecule has 3 N–H and O–H groups in total. The Bertz CT molecular complexity index is 520. The van der Waals surface area contributed by atoms with Crippen LogP contribution in [0.4, 0.5) is 5.69 Å². The van der Waals surface area contributed by atoms with Gasteiger partial charge in [-0.15, -0.1) is 0 Å². The molecule has 0 aromatic heterocycles. The number of anilines is 1. The van der Waals surface area contributed by atoms with Crippen LogP contribution in [0.2, 0.25) is 0 Å². The molecule has 0 bridgehead atoms. The second kappa shape index (κ2) is 6.64. The predicted molar refractivity (Wildman–Crippen MR) is 77.1 cm³/mol. The number of nitrogens with zero attached hydrogens (tertiary/aromatic N) is 1. The van der Waals surface area contributed by atoms with E-state index in [4.69, 9.17) is 25.1 Å². The smallest absolute Gasteiger partial charge is 0.337 e. The average molecular weight is 296 g/mol. The SMILES string of the molecule is COc1cc(N)c(C(=O)O)cc1OCC1CN(C)CCO1. The molecule has 2 rings (SSSR count). The van der Waals surface area contributed by atoms with Crippen molar-refractivity contribution < 1.29 is 24.1 Å². The number of nitrogens with two attached hydrogens (primary N) is 1. The van der Waals surface area contributed by atoms with E-state index in [9.17, 15) is 4.79 Å². The van der Waals surface area contributed by atoms with E-state index < -0.39 is 5.97 Å². The molecule has 116 valence electrons. The maximum absolute atomic E-state index is 11.1. The fourth-order valence-corrected chi connectivity index (χ4v) is 2.18. The second-order valence-electron chi connectivity index (χ2n) is 4.96. The normalized spacial score (nSPS) is 19.2. The number of benzene rings is 1. The number of carboxylic acids is 1. The quantitative estimate of drug-likeness (QED) is 0.772. The van der Waals surface area contributed by atoms with E-state index in [0.717, 1.165) is 13.1 Å². The summed E-state index contributed by atoms with van der Waals surface area (Å²) in [5.74, 6) is -0.351. The first-order valence-corrected chi connectivity index (χ1v) is 6.65. The number of aromatic carboxylic acids is 1. The Balaban J connectivity index is 2.10. The minimum absolute atomic E-state index is 0.00696. The molecule has 7 heteroatoms. The molecule has 1 saturated heterocycles. The van der Waals surface area contributed by atoms with E-state index in [2.05, 4.69) is 4.90 Å². The van der Waals surface area contributed by atoms with Gasteiger partial charge in [-0.3, -0.25) is 0 Å². The van der Waals surface area contributed by atoms with Gasteiger partial charge in [0.15, 0.2) is 11.5 Å². The number of methoxy groups -OCH3 is 1. The number of ether oxygens (including phenoxy) is 3. The fourth-order valence-electron chi connectivity index (χ4n) is 2.18. The van der Waals surface area contributed by atoms with Crippen molar-refractivity contribution in [2.75, 3.05) is 46.2 Å². The third kappa shape index (κ3) is 3.77. The Hall–Kier alpha value is -1.99. The van der Waals surface area contributed by atoms with Crippen molar-refractivity contribution in [2.24, 2.45) is 0 Å². The van der Waals surface area contributed by atoms with Crippen molar-refractivity contribution in [3.8, 4) is 11.5 Å². The predicted octanol–water partition coefficient (Wildman–Crippen LogP) is 0.685. The fraction of sp³-hybridized carbons (Fsp3) is 0.500. The first-order valence-electron chi connectivity index (χ1n) is 6.65. The zero-order valence-electron chi connectivity index (χ0n) is 12.2. The molecule has 0 aliphatic carbocycles. The van der Waals surface area contributed by atoms with Crippen LogP contribution in [-0.4, -0.2) is 62.5 Å². The van der Waals surface area contributed by atoms with Crippen molar-refractivity contribution in [3.63, 3.8) is 0 Å². The highest BCUT2D eigenvalue weighted by molar-refractivity contribution is 5.94. The standard InChI is InChI=1S/C14H20N2O5/c1-16-3-4-20-9(7-16)8-21-13-5-10(14(17)18)11(15)6-12(13)19-2/h5-6,9H,3-4,7-8,15H2,1-2H3,(H,17,18). The summed E-state index contributed by atoms with van der Waals surface area (Å²) in [7, 11) is 3.49. The van der Waals surface area contributed by atoms with Gasteiger partial charge in [0.25, 0.3) is 0 Å². The summed E-state index contributed by atoms with van der Waals surface area (Å²) < 4.78 is 16.4. The monoisotopic (exact) mass is 296 g/mol. The van der Waals surface area contributed by atoms with Gasteiger partial charge < -0.3 is 30.0 Å². The minimum Gasteiger partial charge on any atom is -0.493 e. The maximum atomic E-state index is 11.1. The Morgan fingerprint density at radius 3 is 2.90 bits per heavy atom. The lowest BCUT2D eigenvalue weighted by Crippen LogP contribution is -2.42. The van der Waals surface area contributed by atoms with Crippen molar-refractivity contribution in [1.82, 2.24) is 4.90 Å². The highest BCUT2D eigenvalue weighted by Gasteiger charge is 2.20. The molecule has 0 radical (unpaired) electrons. The number of rotatable bonds is 5. The van der Waals surface area contributed by atoms with E-state index >= 15 is 0 Å². The van der Waals surface area contributed by atoms with Gasteiger partial charge in [0.2, 0.25) is 0 Å². The van der Waals surface area contributed by atoms with Crippen LogP contribution in [0.5, 0.6) is 11.5 Å². The first-order chi connectivity index (χ1) is 10.0. The van der Waals surface area contributed by atoms with Crippen LogP contribution < -0.4 is 15.2 Å². The molecule has 0 amide bonds. The number of likely N-dealkylation sites (N-methyl/N-ethyl adjacent to an activating group) is 1. The van der Waals surface area contributed by atoms with Gasteiger partial charge in [0.05, 0.1) is 25.0 Å². The zero-order chi connectivity index (χ0) is 15.4. The summed E-state index contributed by atoms with van der Waals surface area (Å²) >= 11 is 0. The molecule has 1 unspecified atom stereocenters. The summed E-state index contributed by atoms with van der Waals surface area (Å²) in [6, 6.07) is 2.83. The van der Waals surface area contributed by atoms with Crippen molar-refractivity contribution in [2.45, 2.75) is 6.10 Å². The molecule has 1 aromatic rings. The minimum atomic E-state index is -1.10. The summed E-state index contributed by atoms with van der Waals surface area (Å²) in [6.45, 7) is 2.64. The van der Waals surface area contributed by atoms with Crippen LogP contribution in [0, 0.1) is 0 Å². The van der Waals surface area contributed by atoms with Crippen LogP contribution in [0.3, 0.4) is 0 Å². The third-order valence-corrected chi connectivity index (χ3v) is 3.33. The lowest BCUT2D eigenvalue weighted by atomic mass is 10.1. The van der Waals surface area contributed by atoms with Crippen molar-refractivity contribution >= 4 is 11.7 Å². The van der Waals surface area contributed by atoms with Crippen LogP contribution in [0.1, 0.15) is 10.4 Å². The number of carboxylic acid groups (broad SMARTS) is 1. The average Bonchev–Trinajstić information content (AvgIpc) is 2.45. The molecular formula is C14H20N2O5. The topological polar surface area (TPSA) is 94.2 Å². The lowest BCUT2D eigenvalue weighted by Gasteiger charge is -2.30. The van der Waals surface area contributed by atoms with E-state index in [1.165, 1.54) is 19.2 Å². The van der Waals surface area contributed by atoms with Crippen LogP contribution >= 0.6 is 0 Å². The molecule has 7 nitrogen and oxygen atoms in total. The Kier molecular flexibility index (Phi) is 4.87. The number of hydrogen-bond donors (Lipinski definition) is 2. The van der Waals surface area contributed by atoms with E-state index in [1.807, 2.05) is 7.05 Å². The summed E-state index contributed by atoms with van der Waals surface area (Å²) in [6.07, 6.45) is -0.0562. The Morgan fingerprint density at radius 2 is 2.29 bits per heavy atom. The van der Waals surface area contributed by atoms with E-state index in [0.29, 0.717) is 24.7 Å². The Morgan fingerprint density at radius 1 is 1.52 bits per heavy atom. The lowest BCUT2D eigenvalue weighted by molar-refractivity contribution is -0.0406. The molecule has 1 aliphatic heterocycles. The number of carbonyl (C=O) groups is 1. The van der Waals surface area contributed by atoms with Gasteiger partial charge in [0, 0.05) is 25.2 Å². The van der Waals surface area contributed by atoms with E-state index in [-0.39, 0.29) is 17.4 Å². The number of nitrogen functional groups attached to an aromatic ring is 1. The molecule has 1 heterocycles. The molecular weight excluding hydrogens is 276 g/mol. The van der Waals surface area contributed by atoms with Crippen LogP contribution in [-0.2, 0) is 4.74 Å². The van der Waals surface area contributed by atoms with Gasteiger partial charge in [0.1, 0.15) is 12.7 Å². The van der Waals surface area contributed by atoms with Gasteiger partial charge in [-0.2, -0.15) is 0 Å². The highest BCUT2D eigenvalue weighted by Crippen LogP contribution is 2.32. The number of morpholine rings is 1. The van der Waals surface area contributed by atoms with E-state index in [1.54, 1.807) is 0 Å². The van der Waals surface area contributed by atoms with Gasteiger partial charge in [-0.05, 0) is 7.05 Å². The van der Waals surface area contributed by atoms with Crippen LogP contribution in [0.25, 0.3) is 0 Å². The Labute approximate surface area is 123 Å². The molecule has 21 heavy (non-hydrogen) atoms. The first kappa shape index (κ1) is 15.4. The van der Waals surface area contributed by atoms with Gasteiger partial charge in [-0.25, -0.2) is 4.79 Å². The molecule has 1 aliphatic rings. The molecule has 1 aromatic carbocycles. The molecule has 0 spiro atoms. The van der Waals surface area contributed by atoms with Crippen LogP contribution in [0.15, 0.2) is 12.1 Å². The highest BCUT2D eigenvalue weighted by atomic mass is 16.5. The largest absolute Gasteiger partial charge is 0.493 e. The number of hydrogen-bond acceptors (Lipinski definition) is 6. The molecule has 1 atom stereocenters. The summed E-state index contributed by atoms with van der Waals surface area (Å²) in [5.41, 5.74) is 5.81. The van der Waals surface area contributed by atoms with Crippen molar-refractivity contribution in [3.05, 3.63) is 17.7 Å². The molecule has 0 saturated carbocycles. The zero-order valence-corrected chi connectivity index (χ0v) is 12.2. The maximum Gasteiger partial charge on any atom is 0.337 e. The van der Waals surface area contributed by atoms with Gasteiger partial charge >= 0.3 is 5.97 Å². The van der Waals surface area contributed by atoms with Gasteiger partial charge in [-0.1, -0.05) is 0 Å². The third-order valence-electron chi connectivity index (χ3n) is 3.33. The second-order valence-corrected chi connectivity index (χ2v) is 4.96. The molecule has 1 fully saturated rings. The van der Waals surface area contributed by atoms with Crippen molar-refractivity contribution in [1.29, 1.82) is 0 Å². The summed E-state index contributed by atoms with van der Waals surface area (Å²) in [5, 5.41) is 9.10.